The molecule has 0 aliphatic carbocycles. The number of nitrogens with zero attached hydrogens (tertiary/aromatic N) is 4. The fourth-order valence-electron chi connectivity index (χ4n) is 8.37. The standard InChI is InChI=1S/C30H31N5O6.C23H21N3O6S/c1-2-40-27(37)19-34-14-13-33(18-26(34)36)16-25-17-35(30(39)41-25)24-11-9-21(10-12-24)28(31)32-29(38)23-8-7-20-5-3-4-6-22(20)15-23;1-33(29,30)31-14-20-13-26(23(28)32-20)19-10-8-16(9-11-19)21(24)25-22(27)18-7-6-15-4-2-3-5-17(15)12-18/h3-12,15,25H,2,13-14,16-19H2,1H3,(H2,31,32,38);2-12,20H,13-14H2,1H3,(H2,24,25,27). The highest BCUT2D eigenvalue weighted by Crippen LogP contribution is 2.25. The minimum Gasteiger partial charge on any atom is -0.465 e. The Labute approximate surface area is 425 Å². The Balaban J connectivity index is 0.000000202. The van der Waals surface area contributed by atoms with Crippen molar-refractivity contribution in [1.82, 2.24) is 20.4 Å². The van der Waals surface area contributed by atoms with E-state index in [-0.39, 0.29) is 56.3 Å². The van der Waals surface area contributed by atoms with E-state index < -0.39 is 46.4 Å². The Morgan fingerprint density at radius 2 is 1.09 bits per heavy atom. The van der Waals surface area contributed by atoms with Crippen LogP contribution in [0.25, 0.3) is 21.5 Å². The van der Waals surface area contributed by atoms with E-state index in [0.717, 1.165) is 27.8 Å². The van der Waals surface area contributed by atoms with Gasteiger partial charge in [0.1, 0.15) is 37.0 Å². The van der Waals surface area contributed by atoms with Gasteiger partial charge in [-0.05, 0) is 101 Å². The van der Waals surface area contributed by atoms with Gasteiger partial charge in [-0.25, -0.2) is 9.59 Å². The number of amides is 5. The van der Waals surface area contributed by atoms with Crippen LogP contribution >= 0.6 is 0 Å². The van der Waals surface area contributed by atoms with Gasteiger partial charge >= 0.3 is 18.2 Å². The summed E-state index contributed by atoms with van der Waals surface area (Å²) < 4.78 is 42.5. The van der Waals surface area contributed by atoms with E-state index >= 15 is 0 Å². The summed E-state index contributed by atoms with van der Waals surface area (Å²) in [6.07, 6.45) is -1.33. The van der Waals surface area contributed by atoms with Crippen molar-refractivity contribution < 1.29 is 55.6 Å². The highest BCUT2D eigenvalue weighted by atomic mass is 32.2. The Morgan fingerprint density at radius 3 is 1.57 bits per heavy atom. The van der Waals surface area contributed by atoms with Gasteiger partial charge in [0.05, 0.1) is 32.5 Å². The van der Waals surface area contributed by atoms with Gasteiger partial charge in [-0.2, -0.15) is 8.42 Å². The highest BCUT2D eigenvalue weighted by molar-refractivity contribution is 7.86. The molecule has 0 radical (unpaired) electrons. The van der Waals surface area contributed by atoms with Gasteiger partial charge in [0.25, 0.3) is 21.9 Å². The van der Waals surface area contributed by atoms with Crippen molar-refractivity contribution in [2.75, 3.05) is 75.1 Å². The number of anilines is 2. The maximum Gasteiger partial charge on any atom is 0.414 e. The number of carbonyl (C=O) groups excluding carboxylic acids is 6. The molecule has 0 saturated carbocycles. The molecular weight excluding hydrogens is 973 g/mol. The van der Waals surface area contributed by atoms with Gasteiger partial charge in [-0.1, -0.05) is 60.7 Å². The third-order valence-corrected chi connectivity index (χ3v) is 12.7. The van der Waals surface area contributed by atoms with Crippen LogP contribution in [0.3, 0.4) is 0 Å². The van der Waals surface area contributed by atoms with E-state index in [1.165, 1.54) is 14.7 Å². The number of carbonyl (C=O) groups is 6. The highest BCUT2D eigenvalue weighted by Gasteiger charge is 2.36. The van der Waals surface area contributed by atoms with Gasteiger partial charge in [-0.3, -0.25) is 48.9 Å². The molecule has 0 bridgehead atoms. The number of benzene rings is 6. The van der Waals surface area contributed by atoms with Crippen LogP contribution in [0, 0.1) is 10.8 Å². The fraction of sp³-hybridized carbons (Fsp3) is 0.245. The van der Waals surface area contributed by atoms with E-state index in [1.54, 1.807) is 79.7 Å². The molecule has 4 N–H and O–H groups in total. The molecule has 2 atom stereocenters. The molecule has 0 aromatic heterocycles. The van der Waals surface area contributed by atoms with Gasteiger partial charge in [0.15, 0.2) is 0 Å². The molecule has 0 spiro atoms. The van der Waals surface area contributed by atoms with E-state index in [1.807, 2.05) is 65.6 Å². The Morgan fingerprint density at radius 1 is 0.635 bits per heavy atom. The van der Waals surface area contributed by atoms with Crippen molar-refractivity contribution in [3.05, 3.63) is 156 Å². The molecule has 3 fully saturated rings. The maximum atomic E-state index is 12.7. The van der Waals surface area contributed by atoms with E-state index in [0.29, 0.717) is 59.8 Å². The monoisotopic (exact) mass is 1020 g/mol. The number of amidine groups is 2. The molecule has 3 saturated heterocycles. The van der Waals surface area contributed by atoms with Crippen LogP contribution in [0.5, 0.6) is 0 Å². The van der Waals surface area contributed by atoms with Crippen LogP contribution in [0.15, 0.2) is 133 Å². The molecule has 5 amide bonds. The SMILES string of the molecule is CCOC(=O)CN1CCN(CC2CN(c3ccc(C(=N)NC(=O)c4ccc5ccccc5c4)cc3)C(=O)O2)CC1=O.CS(=O)(=O)OCC1CN(c2ccc(C(=N)NC(=O)c3ccc4ccccc4c3)cc2)C(=O)O1. The molecule has 6 aromatic rings. The first kappa shape index (κ1) is 51.8. The quantitative estimate of drug-likeness (QED) is 0.0345. The van der Waals surface area contributed by atoms with E-state index in [2.05, 4.69) is 10.6 Å². The van der Waals surface area contributed by atoms with Crippen LogP contribution in [-0.4, -0.2) is 143 Å². The third-order valence-electron chi connectivity index (χ3n) is 12.1. The summed E-state index contributed by atoms with van der Waals surface area (Å²) in [6.45, 7) is 3.59. The van der Waals surface area contributed by atoms with Crippen molar-refractivity contribution in [3.63, 3.8) is 0 Å². The summed E-state index contributed by atoms with van der Waals surface area (Å²) in [7, 11) is -3.64. The van der Waals surface area contributed by atoms with Crippen LogP contribution in [0.4, 0.5) is 21.0 Å². The van der Waals surface area contributed by atoms with Crippen LogP contribution in [0.2, 0.25) is 0 Å². The molecule has 21 heteroatoms. The second kappa shape index (κ2) is 22.9. The average Bonchev–Trinajstić information content (AvgIpc) is 3.96. The number of esters is 1. The van der Waals surface area contributed by atoms with Crippen molar-refractivity contribution in [3.8, 4) is 0 Å². The molecule has 382 valence electrons. The topological polar surface area (TPSA) is 258 Å². The predicted molar refractivity (Wildman–Crippen MR) is 275 cm³/mol. The van der Waals surface area contributed by atoms with Crippen LogP contribution < -0.4 is 20.4 Å². The third kappa shape index (κ3) is 13.1. The lowest BCUT2D eigenvalue weighted by molar-refractivity contribution is -0.151. The lowest BCUT2D eigenvalue weighted by Gasteiger charge is -2.34. The number of hydrogen-bond acceptors (Lipinski definition) is 15. The zero-order valence-corrected chi connectivity index (χ0v) is 41.1. The molecule has 2 unspecified atom stereocenters. The summed E-state index contributed by atoms with van der Waals surface area (Å²) in [5.41, 5.74) is 2.96. The largest absolute Gasteiger partial charge is 0.465 e. The normalized spacial score (nSPS) is 16.8. The van der Waals surface area contributed by atoms with Crippen molar-refractivity contribution in [1.29, 1.82) is 10.8 Å². The van der Waals surface area contributed by atoms with Crippen molar-refractivity contribution in [2.24, 2.45) is 0 Å². The first-order valence-corrected chi connectivity index (χ1v) is 25.3. The average molecular weight is 1030 g/mol. The second-order valence-corrected chi connectivity index (χ2v) is 19.1. The van der Waals surface area contributed by atoms with Gasteiger partial charge in [0.2, 0.25) is 5.91 Å². The molecule has 20 nitrogen and oxygen atoms in total. The van der Waals surface area contributed by atoms with Crippen molar-refractivity contribution in [2.45, 2.75) is 19.1 Å². The number of piperazine rings is 1. The Kier molecular flexibility index (Phi) is 16.0. The number of hydrogen-bond donors (Lipinski definition) is 4. The van der Waals surface area contributed by atoms with E-state index in [4.69, 9.17) is 29.2 Å². The number of ether oxygens (including phenoxy) is 3. The zero-order valence-electron chi connectivity index (χ0n) is 40.3. The first-order chi connectivity index (χ1) is 35.5. The lowest BCUT2D eigenvalue weighted by Crippen LogP contribution is -2.53. The number of nitrogens with one attached hydrogen (secondary N) is 4. The minimum absolute atomic E-state index is 0.0525. The molecule has 3 aliphatic rings. The predicted octanol–water partition coefficient (Wildman–Crippen LogP) is 5.52. The minimum atomic E-state index is -3.64. The zero-order chi connectivity index (χ0) is 52.5. The Bertz CT molecular complexity index is 3260. The number of rotatable bonds is 14. The van der Waals surface area contributed by atoms with Crippen LogP contribution in [0.1, 0.15) is 38.8 Å². The molecular formula is C53H52N8O12S. The second-order valence-electron chi connectivity index (χ2n) is 17.5. The molecule has 6 aromatic carbocycles. The number of fused-ring (bicyclic) bond motifs is 2. The summed E-state index contributed by atoms with van der Waals surface area (Å²) in [6, 6.07) is 39.3. The molecule has 9 rings (SSSR count). The molecule has 3 aliphatic heterocycles. The summed E-state index contributed by atoms with van der Waals surface area (Å²) >= 11 is 0. The van der Waals surface area contributed by atoms with Gasteiger partial charge < -0.3 is 29.7 Å². The van der Waals surface area contributed by atoms with Gasteiger partial charge in [-0.15, -0.1) is 0 Å². The molecule has 74 heavy (non-hydrogen) atoms. The summed E-state index contributed by atoms with van der Waals surface area (Å²) in [4.78, 5) is 80.5. The smallest absolute Gasteiger partial charge is 0.414 e. The first-order valence-electron chi connectivity index (χ1n) is 23.4. The van der Waals surface area contributed by atoms with E-state index in [9.17, 15) is 37.2 Å². The maximum absolute atomic E-state index is 12.7. The summed E-state index contributed by atoms with van der Waals surface area (Å²) in [5, 5.41) is 25.7. The number of cyclic esters (lactones) is 2. The molecule has 3 heterocycles. The fourth-order valence-corrected chi connectivity index (χ4v) is 8.77. The van der Waals surface area contributed by atoms with Crippen LogP contribution in [-0.2, 0) is 38.1 Å². The summed E-state index contributed by atoms with van der Waals surface area (Å²) in [5.74, 6) is -1.51. The lowest BCUT2D eigenvalue weighted by atomic mass is 10.1. The van der Waals surface area contributed by atoms with Gasteiger partial charge in [0, 0.05) is 53.3 Å². The van der Waals surface area contributed by atoms with Crippen molar-refractivity contribution >= 4 is 90.6 Å². The Hall–Kier alpha value is -8.53.